The molecule has 1 amide bonds. The van der Waals surface area contributed by atoms with Crippen LogP contribution in [-0.4, -0.2) is 19.3 Å². The van der Waals surface area contributed by atoms with Crippen LogP contribution >= 0.6 is 23.2 Å². The quantitative estimate of drug-likeness (QED) is 0.921. The van der Waals surface area contributed by atoms with E-state index in [-0.39, 0.29) is 19.3 Å². The molecular formula is C15H11Cl2NO4. The monoisotopic (exact) mass is 339 g/mol. The van der Waals surface area contributed by atoms with Crippen LogP contribution in [0.25, 0.3) is 0 Å². The molecule has 7 heteroatoms. The van der Waals surface area contributed by atoms with Crippen molar-refractivity contribution in [3.05, 3.63) is 46.4 Å². The van der Waals surface area contributed by atoms with Crippen molar-refractivity contribution in [3.63, 3.8) is 0 Å². The Morgan fingerprint density at radius 1 is 1.14 bits per heavy atom. The van der Waals surface area contributed by atoms with Crippen LogP contribution in [0, 0.1) is 0 Å². The average molecular weight is 340 g/mol. The Kier molecular flexibility index (Phi) is 4.27. The largest absolute Gasteiger partial charge is 0.484 e. The van der Waals surface area contributed by atoms with E-state index in [1.165, 1.54) is 0 Å². The molecule has 1 N–H and O–H groups in total. The van der Waals surface area contributed by atoms with E-state index in [4.69, 9.17) is 37.4 Å². The average Bonchev–Trinajstić information content (AvgIpc) is 2.95. The van der Waals surface area contributed by atoms with Crippen molar-refractivity contribution in [1.82, 2.24) is 0 Å². The highest BCUT2D eigenvalue weighted by Gasteiger charge is 2.14. The molecule has 1 aliphatic rings. The van der Waals surface area contributed by atoms with Gasteiger partial charge in [-0.1, -0.05) is 23.2 Å². The first-order chi connectivity index (χ1) is 10.6. The first kappa shape index (κ1) is 14.8. The summed E-state index contributed by atoms with van der Waals surface area (Å²) in [6.45, 7) is 0.0347. The molecule has 0 atom stereocenters. The van der Waals surface area contributed by atoms with E-state index in [0.717, 1.165) is 0 Å². The lowest BCUT2D eigenvalue weighted by molar-refractivity contribution is -0.118. The predicted octanol–water partition coefficient (Wildman–Crippen LogP) is 3.74. The Morgan fingerprint density at radius 2 is 1.95 bits per heavy atom. The summed E-state index contributed by atoms with van der Waals surface area (Å²) >= 11 is 11.8. The minimum atomic E-state index is -0.332. The van der Waals surface area contributed by atoms with Crippen LogP contribution in [-0.2, 0) is 4.79 Å². The van der Waals surface area contributed by atoms with Crippen LogP contribution in [0.4, 0.5) is 5.69 Å². The number of benzene rings is 2. The van der Waals surface area contributed by atoms with Crippen LogP contribution in [0.15, 0.2) is 36.4 Å². The third-order valence-corrected chi connectivity index (χ3v) is 3.47. The van der Waals surface area contributed by atoms with Crippen molar-refractivity contribution in [1.29, 1.82) is 0 Å². The molecule has 0 saturated heterocycles. The summed E-state index contributed by atoms with van der Waals surface area (Å²) in [4.78, 5) is 11.9. The SMILES string of the molecule is O=C(COc1ccc2c(c1)OCO2)Nc1ccc(Cl)cc1Cl. The van der Waals surface area contributed by atoms with Crippen LogP contribution < -0.4 is 19.5 Å². The molecule has 1 heterocycles. The van der Waals surface area contributed by atoms with Gasteiger partial charge in [0, 0.05) is 11.1 Å². The zero-order valence-electron chi connectivity index (χ0n) is 11.3. The van der Waals surface area contributed by atoms with Gasteiger partial charge in [-0.3, -0.25) is 4.79 Å². The van der Waals surface area contributed by atoms with Crippen molar-refractivity contribution in [2.75, 3.05) is 18.7 Å². The van der Waals surface area contributed by atoms with Gasteiger partial charge in [-0.25, -0.2) is 0 Å². The maximum Gasteiger partial charge on any atom is 0.262 e. The van der Waals surface area contributed by atoms with Gasteiger partial charge in [0.25, 0.3) is 5.91 Å². The number of carbonyl (C=O) groups excluding carboxylic acids is 1. The molecule has 2 aromatic rings. The number of carbonyl (C=O) groups is 1. The van der Waals surface area contributed by atoms with Gasteiger partial charge in [-0.2, -0.15) is 0 Å². The fourth-order valence-corrected chi connectivity index (χ4v) is 2.35. The molecule has 0 fully saturated rings. The van der Waals surface area contributed by atoms with Gasteiger partial charge < -0.3 is 19.5 Å². The zero-order chi connectivity index (χ0) is 15.5. The lowest BCUT2D eigenvalue weighted by Crippen LogP contribution is -2.20. The highest BCUT2D eigenvalue weighted by atomic mass is 35.5. The van der Waals surface area contributed by atoms with Crippen molar-refractivity contribution >= 4 is 34.8 Å². The molecule has 0 saturated carbocycles. The highest BCUT2D eigenvalue weighted by molar-refractivity contribution is 6.36. The Labute approximate surface area is 136 Å². The minimum absolute atomic E-state index is 0.154. The maximum absolute atomic E-state index is 11.9. The second kappa shape index (κ2) is 6.34. The van der Waals surface area contributed by atoms with Crippen molar-refractivity contribution < 1.29 is 19.0 Å². The van der Waals surface area contributed by atoms with Crippen LogP contribution in [0.2, 0.25) is 10.0 Å². The van der Waals surface area contributed by atoms with E-state index < -0.39 is 0 Å². The van der Waals surface area contributed by atoms with E-state index in [1.54, 1.807) is 36.4 Å². The maximum atomic E-state index is 11.9. The Morgan fingerprint density at radius 3 is 2.77 bits per heavy atom. The van der Waals surface area contributed by atoms with Gasteiger partial charge in [0.15, 0.2) is 18.1 Å². The molecule has 0 radical (unpaired) electrons. The third kappa shape index (κ3) is 3.37. The Balaban J connectivity index is 1.58. The smallest absolute Gasteiger partial charge is 0.262 e. The first-order valence-corrected chi connectivity index (χ1v) is 7.15. The summed E-state index contributed by atoms with van der Waals surface area (Å²) in [5.74, 6) is 1.44. The lowest BCUT2D eigenvalue weighted by Gasteiger charge is -2.09. The summed E-state index contributed by atoms with van der Waals surface area (Å²) in [5.41, 5.74) is 0.477. The molecule has 0 unspecified atom stereocenters. The van der Waals surface area contributed by atoms with E-state index in [1.807, 2.05) is 0 Å². The molecule has 0 aromatic heterocycles. The molecule has 0 aliphatic carbocycles. The molecular weight excluding hydrogens is 329 g/mol. The number of hydrogen-bond acceptors (Lipinski definition) is 4. The van der Waals surface area contributed by atoms with Gasteiger partial charge in [-0.15, -0.1) is 0 Å². The van der Waals surface area contributed by atoms with Gasteiger partial charge in [-0.05, 0) is 30.3 Å². The predicted molar refractivity (Wildman–Crippen MR) is 83.2 cm³/mol. The highest BCUT2D eigenvalue weighted by Crippen LogP contribution is 2.35. The standard InChI is InChI=1S/C15H11Cl2NO4/c16-9-1-3-12(11(17)5-9)18-15(19)7-20-10-2-4-13-14(6-10)22-8-21-13/h1-6H,7-8H2,(H,18,19). The number of rotatable bonds is 4. The fourth-order valence-electron chi connectivity index (χ4n) is 1.89. The van der Waals surface area contributed by atoms with E-state index in [0.29, 0.717) is 33.0 Å². The summed E-state index contributed by atoms with van der Waals surface area (Å²) in [6, 6.07) is 9.93. The lowest BCUT2D eigenvalue weighted by atomic mass is 10.3. The zero-order valence-corrected chi connectivity index (χ0v) is 12.8. The second-order valence-electron chi connectivity index (χ2n) is 4.48. The third-order valence-electron chi connectivity index (χ3n) is 2.92. The van der Waals surface area contributed by atoms with E-state index in [9.17, 15) is 4.79 Å². The molecule has 2 aromatic carbocycles. The van der Waals surface area contributed by atoms with Crippen LogP contribution in [0.3, 0.4) is 0 Å². The number of ether oxygens (including phenoxy) is 3. The van der Waals surface area contributed by atoms with Gasteiger partial charge in [0.2, 0.25) is 6.79 Å². The molecule has 22 heavy (non-hydrogen) atoms. The first-order valence-electron chi connectivity index (χ1n) is 6.39. The Bertz CT molecular complexity index is 721. The molecule has 5 nitrogen and oxygen atoms in total. The number of nitrogens with one attached hydrogen (secondary N) is 1. The van der Waals surface area contributed by atoms with Crippen LogP contribution in [0.1, 0.15) is 0 Å². The normalized spacial score (nSPS) is 12.1. The summed E-state index contributed by atoms with van der Waals surface area (Å²) in [7, 11) is 0. The number of hydrogen-bond donors (Lipinski definition) is 1. The molecule has 3 rings (SSSR count). The van der Waals surface area contributed by atoms with Crippen molar-refractivity contribution in [3.8, 4) is 17.2 Å². The van der Waals surface area contributed by atoms with Crippen molar-refractivity contribution in [2.45, 2.75) is 0 Å². The number of amides is 1. The fraction of sp³-hybridized carbons (Fsp3) is 0.133. The summed E-state index contributed by atoms with van der Waals surface area (Å²) < 4.78 is 15.8. The molecule has 0 bridgehead atoms. The number of fused-ring (bicyclic) bond motifs is 1. The molecule has 1 aliphatic heterocycles. The van der Waals surface area contributed by atoms with Gasteiger partial charge in [0.1, 0.15) is 5.75 Å². The summed E-state index contributed by atoms with van der Waals surface area (Å²) in [6.07, 6.45) is 0. The number of anilines is 1. The van der Waals surface area contributed by atoms with E-state index >= 15 is 0 Å². The van der Waals surface area contributed by atoms with E-state index in [2.05, 4.69) is 5.32 Å². The topological polar surface area (TPSA) is 56.8 Å². The Hall–Kier alpha value is -2.11. The van der Waals surface area contributed by atoms with Gasteiger partial charge >= 0.3 is 0 Å². The molecule has 0 spiro atoms. The second-order valence-corrected chi connectivity index (χ2v) is 5.32. The van der Waals surface area contributed by atoms with Crippen LogP contribution in [0.5, 0.6) is 17.2 Å². The molecule has 114 valence electrons. The summed E-state index contributed by atoms with van der Waals surface area (Å²) in [5, 5.41) is 3.51. The van der Waals surface area contributed by atoms with Gasteiger partial charge in [0.05, 0.1) is 10.7 Å². The minimum Gasteiger partial charge on any atom is -0.484 e. The van der Waals surface area contributed by atoms with Crippen molar-refractivity contribution in [2.24, 2.45) is 0 Å². The number of halogens is 2.